The molecule has 36 heavy (non-hydrogen) atoms. The molecule has 7 heteroatoms. The van der Waals surface area contributed by atoms with Crippen LogP contribution in [-0.4, -0.2) is 41.3 Å². The molecule has 3 aromatic rings. The maximum atomic E-state index is 14.2. The number of carbonyl (C=O) groups excluding carboxylic acids is 1. The smallest absolute Gasteiger partial charge is 0.257 e. The van der Waals surface area contributed by atoms with E-state index in [0.717, 1.165) is 22.3 Å². The van der Waals surface area contributed by atoms with Gasteiger partial charge in [0.05, 0.1) is 19.3 Å². The van der Waals surface area contributed by atoms with Crippen LogP contribution in [0.25, 0.3) is 5.57 Å². The highest BCUT2D eigenvalue weighted by molar-refractivity contribution is 6.30. The van der Waals surface area contributed by atoms with E-state index < -0.39 is 24.0 Å². The van der Waals surface area contributed by atoms with Crippen LogP contribution in [0.3, 0.4) is 0 Å². The van der Waals surface area contributed by atoms with Crippen molar-refractivity contribution in [3.63, 3.8) is 0 Å². The van der Waals surface area contributed by atoms with E-state index in [2.05, 4.69) is 6.58 Å². The number of rotatable bonds is 6. The number of benzene rings is 3. The van der Waals surface area contributed by atoms with Gasteiger partial charge < -0.3 is 14.6 Å². The molecule has 186 valence electrons. The molecule has 0 unspecified atom stereocenters. The van der Waals surface area contributed by atoms with E-state index >= 15 is 0 Å². The Morgan fingerprint density at radius 3 is 2.31 bits per heavy atom. The fourth-order valence-corrected chi connectivity index (χ4v) is 5.29. The van der Waals surface area contributed by atoms with Crippen LogP contribution >= 0.6 is 23.2 Å². The average Bonchev–Trinajstić information content (AvgIpc) is 3.38. The molecular formula is C29H27Cl2NO4. The molecule has 5 nitrogen and oxygen atoms in total. The van der Waals surface area contributed by atoms with Crippen LogP contribution in [0.4, 0.5) is 0 Å². The number of fused-ring (bicyclic) bond motifs is 1. The first kappa shape index (κ1) is 25.0. The SMILES string of the molecule is C=C(C)c1ccc2c(c1)C(=O)N([C@@H](C)c1ccc(Cl)cc1)[C@@]2(O[C@@H]1COC[C@@H]1O)c1ccc(Cl)cc1. The van der Waals surface area contributed by atoms with Crippen molar-refractivity contribution in [3.8, 4) is 0 Å². The molecule has 1 amide bonds. The van der Waals surface area contributed by atoms with Gasteiger partial charge in [0.2, 0.25) is 0 Å². The van der Waals surface area contributed by atoms with Crippen LogP contribution in [-0.2, 0) is 15.2 Å². The van der Waals surface area contributed by atoms with E-state index in [9.17, 15) is 9.90 Å². The molecule has 2 heterocycles. The van der Waals surface area contributed by atoms with Crippen LogP contribution in [0.15, 0.2) is 73.3 Å². The molecule has 0 aliphatic carbocycles. The van der Waals surface area contributed by atoms with Gasteiger partial charge in [-0.05, 0) is 55.3 Å². The maximum absolute atomic E-state index is 14.2. The topological polar surface area (TPSA) is 59.0 Å². The largest absolute Gasteiger partial charge is 0.388 e. The fraction of sp³-hybridized carbons (Fsp3) is 0.276. The average molecular weight is 524 g/mol. The number of amides is 1. The van der Waals surface area contributed by atoms with Gasteiger partial charge in [0.15, 0.2) is 5.72 Å². The van der Waals surface area contributed by atoms with Crippen LogP contribution in [0, 0.1) is 0 Å². The van der Waals surface area contributed by atoms with Crippen molar-refractivity contribution in [1.29, 1.82) is 0 Å². The molecule has 3 aromatic carbocycles. The fourth-order valence-electron chi connectivity index (χ4n) is 5.04. The Morgan fingerprint density at radius 2 is 1.72 bits per heavy atom. The molecule has 1 N–H and O–H groups in total. The summed E-state index contributed by atoms with van der Waals surface area (Å²) in [6.07, 6.45) is -1.46. The summed E-state index contributed by atoms with van der Waals surface area (Å²) in [5, 5.41) is 11.8. The Labute approximate surface area is 220 Å². The number of aliphatic hydroxyl groups is 1. The number of aliphatic hydroxyl groups excluding tert-OH is 1. The Kier molecular flexibility index (Phi) is 6.70. The zero-order valence-electron chi connectivity index (χ0n) is 20.1. The lowest BCUT2D eigenvalue weighted by Gasteiger charge is -2.44. The minimum atomic E-state index is -1.33. The lowest BCUT2D eigenvalue weighted by atomic mass is 9.90. The van der Waals surface area contributed by atoms with Gasteiger partial charge in [-0.15, -0.1) is 0 Å². The molecule has 0 aromatic heterocycles. The molecule has 4 atom stereocenters. The lowest BCUT2D eigenvalue weighted by molar-refractivity contribution is -0.172. The zero-order chi connectivity index (χ0) is 25.6. The van der Waals surface area contributed by atoms with Crippen molar-refractivity contribution in [2.45, 2.75) is 37.8 Å². The van der Waals surface area contributed by atoms with E-state index in [1.165, 1.54) is 0 Å². The predicted molar refractivity (Wildman–Crippen MR) is 141 cm³/mol. The van der Waals surface area contributed by atoms with E-state index in [0.29, 0.717) is 21.2 Å². The van der Waals surface area contributed by atoms with Gasteiger partial charge in [0, 0.05) is 26.7 Å². The summed E-state index contributed by atoms with van der Waals surface area (Å²) < 4.78 is 12.3. The number of hydrogen-bond acceptors (Lipinski definition) is 4. The third-order valence-corrected chi connectivity index (χ3v) is 7.47. The van der Waals surface area contributed by atoms with Crippen LogP contribution in [0.1, 0.15) is 52.5 Å². The molecule has 1 fully saturated rings. The number of allylic oxidation sites excluding steroid dienone is 1. The number of ether oxygens (including phenoxy) is 2. The first-order chi connectivity index (χ1) is 17.2. The normalized spacial score (nSPS) is 24.1. The third kappa shape index (κ3) is 4.15. The van der Waals surface area contributed by atoms with Gasteiger partial charge in [0.25, 0.3) is 5.91 Å². The molecule has 0 bridgehead atoms. The van der Waals surface area contributed by atoms with Gasteiger partial charge in [-0.2, -0.15) is 0 Å². The summed E-state index contributed by atoms with van der Waals surface area (Å²) in [5.74, 6) is -0.182. The van der Waals surface area contributed by atoms with Gasteiger partial charge >= 0.3 is 0 Å². The van der Waals surface area contributed by atoms with E-state index in [1.807, 2.05) is 56.3 Å². The second kappa shape index (κ2) is 9.66. The van der Waals surface area contributed by atoms with Gasteiger partial charge in [-0.25, -0.2) is 0 Å². The highest BCUT2D eigenvalue weighted by atomic mass is 35.5. The second-order valence-corrected chi connectivity index (χ2v) is 10.2. The first-order valence-corrected chi connectivity index (χ1v) is 12.6. The van der Waals surface area contributed by atoms with Crippen molar-refractivity contribution >= 4 is 34.7 Å². The van der Waals surface area contributed by atoms with Crippen LogP contribution in [0.2, 0.25) is 10.0 Å². The quantitative estimate of drug-likeness (QED) is 0.416. The number of carbonyl (C=O) groups is 1. The predicted octanol–water partition coefficient (Wildman–Crippen LogP) is 6.22. The standard InChI is InChI=1S/C29H27Cl2NO4/c1-17(2)20-6-13-25-24(14-20)28(34)32(18(3)19-4-9-22(30)10-5-19)29(25,21-7-11-23(31)12-8-21)36-27-16-35-15-26(27)33/h4-14,18,26-27,33H,1,15-16H2,2-3H3/t18-,26-,27+,29+/m0/s1. The minimum absolute atomic E-state index is 0.170. The van der Waals surface area contributed by atoms with Gasteiger partial charge in [0.1, 0.15) is 12.2 Å². The Morgan fingerprint density at radius 1 is 1.08 bits per heavy atom. The molecule has 0 spiro atoms. The summed E-state index contributed by atoms with van der Waals surface area (Å²) in [4.78, 5) is 16.0. The molecule has 0 saturated carbocycles. The first-order valence-electron chi connectivity index (χ1n) is 11.8. The Balaban J connectivity index is 1.77. The number of halogens is 2. The van der Waals surface area contributed by atoms with Crippen molar-refractivity contribution in [2.75, 3.05) is 13.2 Å². The summed E-state index contributed by atoms with van der Waals surface area (Å²) in [6, 6.07) is 20.0. The summed E-state index contributed by atoms with van der Waals surface area (Å²) in [7, 11) is 0. The van der Waals surface area contributed by atoms with E-state index in [-0.39, 0.29) is 19.1 Å². The third-order valence-electron chi connectivity index (χ3n) is 6.96. The van der Waals surface area contributed by atoms with Crippen LogP contribution < -0.4 is 0 Å². The second-order valence-electron chi connectivity index (χ2n) is 9.36. The summed E-state index contributed by atoms with van der Waals surface area (Å²) >= 11 is 12.4. The van der Waals surface area contributed by atoms with Crippen molar-refractivity contribution < 1.29 is 19.4 Å². The van der Waals surface area contributed by atoms with Crippen LogP contribution in [0.5, 0.6) is 0 Å². The molecule has 1 saturated heterocycles. The van der Waals surface area contributed by atoms with Crippen molar-refractivity contribution in [2.24, 2.45) is 0 Å². The summed E-state index contributed by atoms with van der Waals surface area (Å²) in [5.41, 5.74) is 3.24. The van der Waals surface area contributed by atoms with Crippen molar-refractivity contribution in [1.82, 2.24) is 4.90 Å². The Bertz CT molecular complexity index is 1310. The lowest BCUT2D eigenvalue weighted by Crippen LogP contribution is -2.51. The molecule has 2 aliphatic rings. The monoisotopic (exact) mass is 523 g/mol. The Hall–Kier alpha value is -2.67. The highest BCUT2D eigenvalue weighted by Gasteiger charge is 2.56. The number of nitrogens with zero attached hydrogens (tertiary/aromatic N) is 1. The van der Waals surface area contributed by atoms with Crippen molar-refractivity contribution in [3.05, 3.63) is 111 Å². The zero-order valence-corrected chi connectivity index (χ0v) is 21.6. The minimum Gasteiger partial charge on any atom is -0.388 e. The number of hydrogen-bond donors (Lipinski definition) is 1. The van der Waals surface area contributed by atoms with E-state index in [1.54, 1.807) is 29.2 Å². The van der Waals surface area contributed by atoms with Gasteiger partial charge in [-0.3, -0.25) is 9.69 Å². The molecule has 0 radical (unpaired) electrons. The maximum Gasteiger partial charge on any atom is 0.257 e. The molecule has 5 rings (SSSR count). The molecule has 2 aliphatic heterocycles. The highest BCUT2D eigenvalue weighted by Crippen LogP contribution is 2.51. The van der Waals surface area contributed by atoms with E-state index in [4.69, 9.17) is 32.7 Å². The molecular weight excluding hydrogens is 497 g/mol. The van der Waals surface area contributed by atoms with Gasteiger partial charge in [-0.1, -0.05) is 71.8 Å². The summed E-state index contributed by atoms with van der Waals surface area (Å²) in [6.45, 7) is 8.30.